The van der Waals surface area contributed by atoms with Crippen LogP contribution in [0.3, 0.4) is 0 Å². The normalized spacial score (nSPS) is 11.4. The van der Waals surface area contributed by atoms with Crippen LogP contribution in [0, 0.1) is 0 Å². The zero-order valence-corrected chi connectivity index (χ0v) is 11.3. The van der Waals surface area contributed by atoms with E-state index in [0.29, 0.717) is 6.61 Å². The Labute approximate surface area is 110 Å². The summed E-state index contributed by atoms with van der Waals surface area (Å²) >= 11 is 5.72. The summed E-state index contributed by atoms with van der Waals surface area (Å²) in [4.78, 5) is 10.7. The minimum Gasteiger partial charge on any atom is -0.478 e. The molecule has 0 radical (unpaired) electrons. The largest absolute Gasteiger partial charge is 0.478 e. The highest BCUT2D eigenvalue weighted by Gasteiger charge is 2.17. The van der Waals surface area contributed by atoms with Gasteiger partial charge < -0.3 is 9.84 Å². The SMILES string of the molecule is CCOCCS(=O)(=O)c1ccc(C(=O)O)c(Cl)c1. The summed E-state index contributed by atoms with van der Waals surface area (Å²) in [6.45, 7) is 2.30. The Morgan fingerprint density at radius 1 is 1.44 bits per heavy atom. The van der Waals surface area contributed by atoms with E-state index in [9.17, 15) is 13.2 Å². The van der Waals surface area contributed by atoms with Crippen molar-refractivity contribution in [2.45, 2.75) is 11.8 Å². The van der Waals surface area contributed by atoms with Gasteiger partial charge in [0.1, 0.15) is 0 Å². The molecule has 0 aromatic heterocycles. The fraction of sp³-hybridized carbons (Fsp3) is 0.364. The topological polar surface area (TPSA) is 80.7 Å². The van der Waals surface area contributed by atoms with Crippen molar-refractivity contribution >= 4 is 27.4 Å². The molecule has 1 rings (SSSR count). The number of benzene rings is 1. The van der Waals surface area contributed by atoms with Gasteiger partial charge in [0.25, 0.3) is 0 Å². The Bertz CT molecular complexity index is 538. The zero-order valence-electron chi connectivity index (χ0n) is 9.72. The number of rotatable bonds is 6. The number of sulfone groups is 1. The smallest absolute Gasteiger partial charge is 0.337 e. The number of ether oxygens (including phenoxy) is 1. The average Bonchev–Trinajstić information content (AvgIpc) is 2.28. The monoisotopic (exact) mass is 292 g/mol. The minimum absolute atomic E-state index is 0.00259. The van der Waals surface area contributed by atoms with Crippen molar-refractivity contribution in [2.24, 2.45) is 0 Å². The molecule has 1 aromatic carbocycles. The van der Waals surface area contributed by atoms with Crippen molar-refractivity contribution in [1.29, 1.82) is 0 Å². The molecular formula is C11H13ClO5S. The molecule has 0 saturated heterocycles. The number of hydrogen-bond acceptors (Lipinski definition) is 4. The molecule has 7 heteroatoms. The van der Waals surface area contributed by atoms with E-state index in [2.05, 4.69) is 0 Å². The van der Waals surface area contributed by atoms with Crippen LogP contribution in [-0.2, 0) is 14.6 Å². The molecule has 1 aromatic rings. The van der Waals surface area contributed by atoms with Crippen LogP contribution in [0.15, 0.2) is 23.1 Å². The van der Waals surface area contributed by atoms with Gasteiger partial charge in [-0.25, -0.2) is 13.2 Å². The van der Waals surface area contributed by atoms with Crippen molar-refractivity contribution < 1.29 is 23.1 Å². The van der Waals surface area contributed by atoms with E-state index < -0.39 is 15.8 Å². The van der Waals surface area contributed by atoms with Gasteiger partial charge in [-0.1, -0.05) is 11.6 Å². The van der Waals surface area contributed by atoms with Gasteiger partial charge in [0.2, 0.25) is 0 Å². The van der Waals surface area contributed by atoms with Gasteiger partial charge in [-0.15, -0.1) is 0 Å². The van der Waals surface area contributed by atoms with Crippen LogP contribution in [0.25, 0.3) is 0 Å². The second-order valence-electron chi connectivity index (χ2n) is 3.46. The maximum Gasteiger partial charge on any atom is 0.337 e. The van der Waals surface area contributed by atoms with E-state index in [1.54, 1.807) is 6.92 Å². The molecule has 0 aliphatic rings. The van der Waals surface area contributed by atoms with Crippen molar-refractivity contribution in [2.75, 3.05) is 19.0 Å². The highest BCUT2D eigenvalue weighted by Crippen LogP contribution is 2.21. The first kappa shape index (κ1) is 14.9. The van der Waals surface area contributed by atoms with Crippen LogP contribution < -0.4 is 0 Å². The minimum atomic E-state index is -3.50. The van der Waals surface area contributed by atoms with Gasteiger partial charge in [-0.3, -0.25) is 0 Å². The highest BCUT2D eigenvalue weighted by molar-refractivity contribution is 7.91. The lowest BCUT2D eigenvalue weighted by Gasteiger charge is -2.06. The quantitative estimate of drug-likeness (QED) is 0.809. The molecule has 0 aliphatic carbocycles. The van der Waals surface area contributed by atoms with E-state index in [0.717, 1.165) is 6.07 Å². The van der Waals surface area contributed by atoms with Crippen molar-refractivity contribution in [3.63, 3.8) is 0 Å². The Kier molecular flexibility index (Phi) is 5.13. The van der Waals surface area contributed by atoms with Crippen LogP contribution in [0.2, 0.25) is 5.02 Å². The second kappa shape index (κ2) is 6.17. The third-order valence-corrected chi connectivity index (χ3v) is 4.22. The van der Waals surface area contributed by atoms with Gasteiger partial charge in [-0.2, -0.15) is 0 Å². The highest BCUT2D eigenvalue weighted by atomic mass is 35.5. The van der Waals surface area contributed by atoms with E-state index in [4.69, 9.17) is 21.4 Å². The maximum atomic E-state index is 11.9. The number of hydrogen-bond donors (Lipinski definition) is 1. The van der Waals surface area contributed by atoms with Crippen LogP contribution in [0.5, 0.6) is 0 Å². The Morgan fingerprint density at radius 3 is 2.61 bits per heavy atom. The van der Waals surface area contributed by atoms with E-state index in [1.807, 2.05) is 0 Å². The lowest BCUT2D eigenvalue weighted by atomic mass is 10.2. The Morgan fingerprint density at radius 2 is 2.11 bits per heavy atom. The zero-order chi connectivity index (χ0) is 13.8. The van der Waals surface area contributed by atoms with Gasteiger partial charge in [0.15, 0.2) is 9.84 Å². The molecule has 0 saturated carbocycles. The first-order chi connectivity index (χ1) is 8.38. The van der Waals surface area contributed by atoms with E-state index >= 15 is 0 Å². The summed E-state index contributed by atoms with van der Waals surface area (Å²) in [5, 5.41) is 8.68. The maximum absolute atomic E-state index is 11.9. The number of carboxylic acids is 1. The molecule has 100 valence electrons. The molecule has 0 aliphatic heterocycles. The molecule has 0 bridgehead atoms. The molecular weight excluding hydrogens is 280 g/mol. The van der Waals surface area contributed by atoms with Crippen molar-refractivity contribution in [3.05, 3.63) is 28.8 Å². The fourth-order valence-corrected chi connectivity index (χ4v) is 2.77. The van der Waals surface area contributed by atoms with Crippen LogP contribution in [-0.4, -0.2) is 38.5 Å². The lowest BCUT2D eigenvalue weighted by Crippen LogP contribution is -2.13. The van der Waals surface area contributed by atoms with Crippen LogP contribution >= 0.6 is 11.6 Å². The number of aromatic carboxylic acids is 1. The summed E-state index contributed by atoms with van der Waals surface area (Å²) in [7, 11) is -3.50. The van der Waals surface area contributed by atoms with Crippen LogP contribution in [0.4, 0.5) is 0 Å². The predicted molar refractivity (Wildman–Crippen MR) is 67.0 cm³/mol. The summed E-state index contributed by atoms with van der Waals surface area (Å²) in [5.74, 6) is -1.36. The summed E-state index contributed by atoms with van der Waals surface area (Å²) in [5.41, 5.74) is -0.125. The predicted octanol–water partition coefficient (Wildman–Crippen LogP) is 1.85. The molecule has 0 atom stereocenters. The second-order valence-corrected chi connectivity index (χ2v) is 5.98. The van der Waals surface area contributed by atoms with E-state index in [1.165, 1.54) is 12.1 Å². The third-order valence-electron chi connectivity index (χ3n) is 2.23. The molecule has 0 unspecified atom stereocenters. The summed E-state index contributed by atoms with van der Waals surface area (Å²) < 4.78 is 28.7. The van der Waals surface area contributed by atoms with E-state index in [-0.39, 0.29) is 27.8 Å². The summed E-state index contributed by atoms with van der Waals surface area (Å²) in [6, 6.07) is 3.56. The standard InChI is InChI=1S/C11H13ClO5S/c1-2-17-5-6-18(15,16)8-3-4-9(11(13)14)10(12)7-8/h3-4,7H,2,5-6H2,1H3,(H,13,14). The molecule has 18 heavy (non-hydrogen) atoms. The Balaban J connectivity index is 2.97. The number of carboxylic acid groups (broad SMARTS) is 1. The molecule has 0 fully saturated rings. The van der Waals surface area contributed by atoms with Gasteiger partial charge >= 0.3 is 5.97 Å². The van der Waals surface area contributed by atoms with Crippen molar-refractivity contribution in [1.82, 2.24) is 0 Å². The first-order valence-electron chi connectivity index (χ1n) is 5.22. The average molecular weight is 293 g/mol. The molecule has 1 N–H and O–H groups in total. The Hall–Kier alpha value is -1.11. The molecule has 0 heterocycles. The van der Waals surface area contributed by atoms with Gasteiger partial charge in [-0.05, 0) is 25.1 Å². The number of halogens is 1. The number of carbonyl (C=O) groups is 1. The lowest BCUT2D eigenvalue weighted by molar-refractivity contribution is 0.0697. The molecule has 5 nitrogen and oxygen atoms in total. The molecule has 0 spiro atoms. The van der Waals surface area contributed by atoms with Crippen LogP contribution in [0.1, 0.15) is 17.3 Å². The third kappa shape index (κ3) is 3.69. The van der Waals surface area contributed by atoms with Gasteiger partial charge in [0.05, 0.1) is 27.8 Å². The van der Waals surface area contributed by atoms with Gasteiger partial charge in [0, 0.05) is 6.61 Å². The fourth-order valence-electron chi connectivity index (χ4n) is 1.29. The van der Waals surface area contributed by atoms with Crippen molar-refractivity contribution in [3.8, 4) is 0 Å². The summed E-state index contributed by atoms with van der Waals surface area (Å²) in [6.07, 6.45) is 0. The molecule has 0 amide bonds. The first-order valence-corrected chi connectivity index (χ1v) is 7.25.